The molecule has 2 N–H and O–H groups in total. The predicted molar refractivity (Wildman–Crippen MR) is 93.1 cm³/mol. The molecule has 1 aliphatic rings. The van der Waals surface area contributed by atoms with Gasteiger partial charge in [-0.25, -0.2) is 0 Å². The lowest BCUT2D eigenvalue weighted by Crippen LogP contribution is -2.27. The Morgan fingerprint density at radius 3 is 2.17 bits per heavy atom. The Morgan fingerprint density at radius 1 is 0.870 bits per heavy atom. The molecule has 0 aliphatic carbocycles. The molecule has 116 valence electrons. The van der Waals surface area contributed by atoms with Crippen LogP contribution in [0.1, 0.15) is 20.7 Å². The van der Waals surface area contributed by atoms with E-state index >= 15 is 0 Å². The number of aliphatic imine (C=N–C) groups is 1. The molecular formula is C17H15N3O2S. The van der Waals surface area contributed by atoms with E-state index in [9.17, 15) is 9.59 Å². The van der Waals surface area contributed by atoms with Crippen LogP contribution in [-0.4, -0.2) is 29.3 Å². The van der Waals surface area contributed by atoms with E-state index in [0.29, 0.717) is 22.0 Å². The van der Waals surface area contributed by atoms with E-state index in [4.69, 9.17) is 0 Å². The quantitative estimate of drug-likeness (QED) is 0.911. The third-order valence-electron chi connectivity index (χ3n) is 3.25. The number of thioether (sulfide) groups is 1. The number of nitrogens with zero attached hydrogens (tertiary/aromatic N) is 1. The van der Waals surface area contributed by atoms with Crippen LogP contribution < -0.4 is 10.6 Å². The number of hydrogen-bond donors (Lipinski definition) is 2. The summed E-state index contributed by atoms with van der Waals surface area (Å²) in [6.45, 7) is 0.741. The monoisotopic (exact) mass is 325 g/mol. The first-order valence-corrected chi connectivity index (χ1v) is 8.16. The van der Waals surface area contributed by atoms with Crippen LogP contribution in [0.15, 0.2) is 59.6 Å². The van der Waals surface area contributed by atoms with E-state index in [1.54, 1.807) is 36.4 Å². The van der Waals surface area contributed by atoms with Gasteiger partial charge in [0.25, 0.3) is 11.8 Å². The Hall–Kier alpha value is -2.60. The molecule has 23 heavy (non-hydrogen) atoms. The zero-order valence-corrected chi connectivity index (χ0v) is 13.1. The lowest BCUT2D eigenvalue weighted by molar-refractivity contribution is 0.0977. The van der Waals surface area contributed by atoms with Crippen molar-refractivity contribution in [2.24, 2.45) is 4.99 Å². The average Bonchev–Trinajstić information content (AvgIpc) is 3.09. The van der Waals surface area contributed by atoms with Crippen molar-refractivity contribution in [1.29, 1.82) is 0 Å². The minimum absolute atomic E-state index is 0.181. The normalized spacial score (nSPS) is 13.3. The fourth-order valence-electron chi connectivity index (χ4n) is 2.08. The molecule has 0 fully saturated rings. The number of carbonyl (C=O) groups excluding carboxylic acids is 2. The maximum atomic E-state index is 12.1. The molecule has 0 unspecified atom stereocenters. The first-order chi connectivity index (χ1) is 11.2. The second-order valence-electron chi connectivity index (χ2n) is 4.89. The molecule has 1 heterocycles. The number of amidine groups is 1. The molecule has 0 bridgehead atoms. The van der Waals surface area contributed by atoms with Crippen molar-refractivity contribution in [3.8, 4) is 0 Å². The molecule has 2 aromatic rings. The Morgan fingerprint density at radius 2 is 1.52 bits per heavy atom. The summed E-state index contributed by atoms with van der Waals surface area (Å²) in [6, 6.07) is 15.7. The fourth-order valence-corrected chi connectivity index (χ4v) is 2.80. The van der Waals surface area contributed by atoms with Gasteiger partial charge in [0.2, 0.25) is 0 Å². The minimum atomic E-state index is -0.195. The highest BCUT2D eigenvalue weighted by atomic mass is 32.2. The molecule has 5 nitrogen and oxygen atoms in total. The van der Waals surface area contributed by atoms with Crippen LogP contribution in [0.3, 0.4) is 0 Å². The summed E-state index contributed by atoms with van der Waals surface area (Å²) in [4.78, 5) is 28.3. The van der Waals surface area contributed by atoms with Crippen LogP contribution in [-0.2, 0) is 0 Å². The smallest absolute Gasteiger partial charge is 0.257 e. The lowest BCUT2D eigenvalue weighted by atomic mass is 10.1. The highest BCUT2D eigenvalue weighted by molar-refractivity contribution is 8.14. The van der Waals surface area contributed by atoms with E-state index in [2.05, 4.69) is 15.6 Å². The number of amides is 2. The van der Waals surface area contributed by atoms with Gasteiger partial charge in [-0.15, -0.1) is 0 Å². The zero-order valence-electron chi connectivity index (χ0n) is 12.3. The van der Waals surface area contributed by atoms with Crippen molar-refractivity contribution in [2.75, 3.05) is 17.6 Å². The molecule has 0 radical (unpaired) electrons. The van der Waals surface area contributed by atoms with Crippen LogP contribution in [0.5, 0.6) is 0 Å². The van der Waals surface area contributed by atoms with Crippen molar-refractivity contribution in [1.82, 2.24) is 5.32 Å². The first kappa shape index (κ1) is 15.3. The standard InChI is InChI=1S/C17H15N3O2S/c21-15(12-4-2-1-3-5-12)19-14-8-6-13(7-9-14)16(22)20-17-18-10-11-23-17/h1-9H,10-11H2,(H,19,21)(H,18,20,22). The average molecular weight is 325 g/mol. The summed E-state index contributed by atoms with van der Waals surface area (Å²) >= 11 is 1.54. The third-order valence-corrected chi connectivity index (χ3v) is 4.14. The van der Waals surface area contributed by atoms with Gasteiger partial charge in [0.05, 0.1) is 6.54 Å². The second kappa shape index (κ2) is 7.11. The van der Waals surface area contributed by atoms with Crippen LogP contribution in [0.2, 0.25) is 0 Å². The summed E-state index contributed by atoms with van der Waals surface area (Å²) in [6.07, 6.45) is 0. The van der Waals surface area contributed by atoms with Crippen molar-refractivity contribution in [2.45, 2.75) is 0 Å². The van der Waals surface area contributed by atoms with E-state index in [1.165, 1.54) is 11.8 Å². The molecule has 3 rings (SSSR count). The van der Waals surface area contributed by atoms with Gasteiger partial charge in [-0.1, -0.05) is 30.0 Å². The lowest BCUT2D eigenvalue weighted by Gasteiger charge is -2.07. The van der Waals surface area contributed by atoms with E-state index < -0.39 is 0 Å². The molecule has 0 atom stereocenters. The van der Waals surface area contributed by atoms with Gasteiger partial charge in [-0.05, 0) is 36.4 Å². The molecule has 0 saturated carbocycles. The van der Waals surface area contributed by atoms with Gasteiger partial charge in [0, 0.05) is 22.6 Å². The van der Waals surface area contributed by atoms with Crippen molar-refractivity contribution in [3.05, 3.63) is 65.7 Å². The number of benzene rings is 2. The SMILES string of the molecule is O=C(NC1=NCCS1)c1ccc(NC(=O)c2ccccc2)cc1. The van der Waals surface area contributed by atoms with Gasteiger partial charge in [0.1, 0.15) is 0 Å². The van der Waals surface area contributed by atoms with Crippen molar-refractivity contribution >= 4 is 34.4 Å². The van der Waals surface area contributed by atoms with Crippen LogP contribution >= 0.6 is 11.8 Å². The fraction of sp³-hybridized carbons (Fsp3) is 0.118. The molecule has 0 spiro atoms. The van der Waals surface area contributed by atoms with Gasteiger partial charge < -0.3 is 10.6 Å². The Balaban J connectivity index is 1.62. The number of nitrogens with one attached hydrogen (secondary N) is 2. The summed E-state index contributed by atoms with van der Waals surface area (Å²) in [5.74, 6) is 0.527. The summed E-state index contributed by atoms with van der Waals surface area (Å²) in [5, 5.41) is 6.23. The topological polar surface area (TPSA) is 70.6 Å². The molecule has 0 aromatic heterocycles. The molecule has 1 aliphatic heterocycles. The molecule has 2 aromatic carbocycles. The number of carbonyl (C=O) groups is 2. The third kappa shape index (κ3) is 3.98. The van der Waals surface area contributed by atoms with E-state index in [-0.39, 0.29) is 11.8 Å². The van der Waals surface area contributed by atoms with Crippen LogP contribution in [0, 0.1) is 0 Å². The maximum Gasteiger partial charge on any atom is 0.257 e. The van der Waals surface area contributed by atoms with Gasteiger partial charge in [-0.3, -0.25) is 14.6 Å². The second-order valence-corrected chi connectivity index (χ2v) is 5.97. The highest BCUT2D eigenvalue weighted by Crippen LogP contribution is 2.13. The number of anilines is 1. The van der Waals surface area contributed by atoms with Crippen molar-refractivity contribution < 1.29 is 9.59 Å². The number of hydrogen-bond acceptors (Lipinski definition) is 4. The van der Waals surface area contributed by atoms with Gasteiger partial charge in [-0.2, -0.15) is 0 Å². The Labute approximate surface area is 138 Å². The summed E-state index contributed by atoms with van der Waals surface area (Å²) in [5.41, 5.74) is 1.76. The first-order valence-electron chi connectivity index (χ1n) is 7.17. The highest BCUT2D eigenvalue weighted by Gasteiger charge is 2.12. The summed E-state index contributed by atoms with van der Waals surface area (Å²) < 4.78 is 0. The summed E-state index contributed by atoms with van der Waals surface area (Å²) in [7, 11) is 0. The van der Waals surface area contributed by atoms with E-state index in [0.717, 1.165) is 12.3 Å². The van der Waals surface area contributed by atoms with Gasteiger partial charge >= 0.3 is 0 Å². The predicted octanol–water partition coefficient (Wildman–Crippen LogP) is 2.77. The van der Waals surface area contributed by atoms with Crippen molar-refractivity contribution in [3.63, 3.8) is 0 Å². The molecule has 6 heteroatoms. The Bertz CT molecular complexity index is 742. The largest absolute Gasteiger partial charge is 0.322 e. The Kier molecular flexibility index (Phi) is 4.73. The minimum Gasteiger partial charge on any atom is -0.322 e. The molecular weight excluding hydrogens is 310 g/mol. The number of rotatable bonds is 3. The molecule has 0 saturated heterocycles. The van der Waals surface area contributed by atoms with Gasteiger partial charge in [0.15, 0.2) is 5.17 Å². The van der Waals surface area contributed by atoms with Crippen LogP contribution in [0.25, 0.3) is 0 Å². The zero-order chi connectivity index (χ0) is 16.1. The molecule has 2 amide bonds. The maximum absolute atomic E-state index is 12.1. The van der Waals surface area contributed by atoms with Crippen LogP contribution in [0.4, 0.5) is 5.69 Å². The van der Waals surface area contributed by atoms with E-state index in [1.807, 2.05) is 18.2 Å².